The summed E-state index contributed by atoms with van der Waals surface area (Å²) in [5.74, 6) is 0. The van der Waals surface area contributed by atoms with Crippen LogP contribution in [0.25, 0.3) is 0 Å². The van der Waals surface area contributed by atoms with Gasteiger partial charge in [0, 0.05) is 44.9 Å². The Balaban J connectivity index is 1.45. The third-order valence-corrected chi connectivity index (χ3v) is 6.01. The van der Waals surface area contributed by atoms with Crippen molar-refractivity contribution >= 4 is 0 Å². The molecule has 4 nitrogen and oxygen atoms in total. The van der Waals surface area contributed by atoms with Crippen LogP contribution in [0.15, 0.2) is 24.3 Å². The summed E-state index contributed by atoms with van der Waals surface area (Å²) in [5.41, 5.74) is 3.24. The van der Waals surface area contributed by atoms with E-state index in [4.69, 9.17) is 4.74 Å². The van der Waals surface area contributed by atoms with Crippen LogP contribution in [0.2, 0.25) is 0 Å². The minimum Gasteiger partial charge on any atom is -0.383 e. The van der Waals surface area contributed by atoms with Gasteiger partial charge in [0.15, 0.2) is 0 Å². The number of nitrogens with zero attached hydrogens (tertiary/aromatic N) is 2. The van der Waals surface area contributed by atoms with Gasteiger partial charge in [-0.1, -0.05) is 24.3 Å². The second kappa shape index (κ2) is 8.63. The maximum absolute atomic E-state index is 5.19. The third-order valence-electron chi connectivity index (χ3n) is 6.01. The van der Waals surface area contributed by atoms with E-state index >= 15 is 0 Å². The van der Waals surface area contributed by atoms with Gasteiger partial charge < -0.3 is 15.0 Å². The second-order valence-electron chi connectivity index (χ2n) is 8.24. The molecule has 1 aromatic rings. The maximum atomic E-state index is 5.19. The lowest BCUT2D eigenvalue weighted by Gasteiger charge is -2.43. The van der Waals surface area contributed by atoms with E-state index in [2.05, 4.69) is 53.2 Å². The second-order valence-corrected chi connectivity index (χ2v) is 8.24. The van der Waals surface area contributed by atoms with Gasteiger partial charge in [-0.2, -0.15) is 0 Å². The van der Waals surface area contributed by atoms with Crippen LogP contribution in [-0.4, -0.2) is 67.8 Å². The van der Waals surface area contributed by atoms with Crippen LogP contribution in [0, 0.1) is 0 Å². The van der Waals surface area contributed by atoms with Crippen molar-refractivity contribution in [2.75, 3.05) is 46.4 Å². The summed E-state index contributed by atoms with van der Waals surface area (Å²) in [6, 6.07) is 9.58. The van der Waals surface area contributed by atoms with Crippen molar-refractivity contribution in [2.24, 2.45) is 0 Å². The Hall–Kier alpha value is -0.940. The van der Waals surface area contributed by atoms with Crippen molar-refractivity contribution in [1.29, 1.82) is 0 Å². The number of methoxy groups -OCH3 is 1. The zero-order chi connectivity index (χ0) is 17.7. The molecule has 3 rings (SSSR count). The lowest BCUT2D eigenvalue weighted by Crippen LogP contribution is -2.55. The monoisotopic (exact) mass is 345 g/mol. The minimum absolute atomic E-state index is 0.195. The smallest absolute Gasteiger partial charge is 0.0589 e. The normalized spacial score (nSPS) is 20.6. The van der Waals surface area contributed by atoms with E-state index in [1.54, 1.807) is 7.11 Å². The molecule has 1 fully saturated rings. The largest absolute Gasteiger partial charge is 0.383 e. The Morgan fingerprint density at radius 2 is 1.84 bits per heavy atom. The number of hydrogen-bond acceptors (Lipinski definition) is 4. The minimum atomic E-state index is 0.195. The lowest BCUT2D eigenvalue weighted by atomic mass is 9.93. The highest BCUT2D eigenvalue weighted by Crippen LogP contribution is 2.25. The Labute approximate surface area is 153 Å². The van der Waals surface area contributed by atoms with E-state index in [1.807, 2.05) is 0 Å². The molecule has 1 N–H and O–H groups in total. The van der Waals surface area contributed by atoms with Crippen molar-refractivity contribution in [2.45, 2.75) is 51.2 Å². The maximum Gasteiger partial charge on any atom is 0.0589 e. The molecule has 1 saturated heterocycles. The fourth-order valence-corrected chi connectivity index (χ4v) is 4.10. The number of fused-ring (bicyclic) bond motifs is 1. The van der Waals surface area contributed by atoms with Gasteiger partial charge in [-0.05, 0) is 57.3 Å². The molecule has 0 unspecified atom stereocenters. The fourth-order valence-electron chi connectivity index (χ4n) is 4.10. The summed E-state index contributed by atoms with van der Waals surface area (Å²) in [6.45, 7) is 12.4. The van der Waals surface area contributed by atoms with Gasteiger partial charge in [-0.25, -0.2) is 0 Å². The van der Waals surface area contributed by atoms with E-state index in [0.717, 1.165) is 26.2 Å². The molecule has 2 aliphatic heterocycles. The molecule has 0 aromatic heterocycles. The van der Waals surface area contributed by atoms with Crippen molar-refractivity contribution < 1.29 is 4.74 Å². The van der Waals surface area contributed by atoms with Crippen molar-refractivity contribution in [3.8, 4) is 0 Å². The number of piperidine rings is 1. The van der Waals surface area contributed by atoms with Crippen molar-refractivity contribution in [3.05, 3.63) is 35.4 Å². The van der Waals surface area contributed by atoms with Crippen LogP contribution in [0.5, 0.6) is 0 Å². The Kier molecular flexibility index (Phi) is 6.50. The first kappa shape index (κ1) is 18.8. The van der Waals surface area contributed by atoms with Crippen LogP contribution >= 0.6 is 0 Å². The molecule has 0 saturated carbocycles. The first-order chi connectivity index (χ1) is 12.1. The molecule has 0 spiro atoms. The van der Waals surface area contributed by atoms with Crippen molar-refractivity contribution in [3.63, 3.8) is 0 Å². The molecule has 0 atom stereocenters. The summed E-state index contributed by atoms with van der Waals surface area (Å²) in [5, 5.41) is 3.86. The van der Waals surface area contributed by atoms with Gasteiger partial charge in [-0.15, -0.1) is 0 Å². The lowest BCUT2D eigenvalue weighted by molar-refractivity contribution is 0.0909. The number of likely N-dealkylation sites (tertiary alicyclic amines) is 1. The van der Waals surface area contributed by atoms with E-state index in [-0.39, 0.29) is 5.54 Å². The molecule has 4 heteroatoms. The number of hydrogen-bond donors (Lipinski definition) is 1. The Morgan fingerprint density at radius 1 is 1.12 bits per heavy atom. The number of ether oxygens (including phenoxy) is 1. The first-order valence-electron chi connectivity index (χ1n) is 9.85. The fraction of sp³-hybridized carbons (Fsp3) is 0.714. The van der Waals surface area contributed by atoms with Gasteiger partial charge >= 0.3 is 0 Å². The number of benzene rings is 1. The molecule has 0 aliphatic carbocycles. The molecule has 2 aliphatic rings. The molecule has 1 aromatic carbocycles. The van der Waals surface area contributed by atoms with E-state index in [1.165, 1.54) is 50.0 Å². The van der Waals surface area contributed by atoms with Crippen molar-refractivity contribution in [1.82, 2.24) is 15.1 Å². The molecule has 0 radical (unpaired) electrons. The summed E-state index contributed by atoms with van der Waals surface area (Å²) in [4.78, 5) is 5.17. The molecule has 25 heavy (non-hydrogen) atoms. The predicted molar refractivity (Wildman–Crippen MR) is 104 cm³/mol. The highest BCUT2D eigenvalue weighted by molar-refractivity contribution is 5.29. The standard InChI is InChI=1S/C21H35N3O/c1-21(2,24-13-8-18-6-4-5-7-19(18)16-24)17-22-20-9-11-23(12-10-20)14-15-25-3/h4-7,20,22H,8-17H2,1-3H3. The highest BCUT2D eigenvalue weighted by atomic mass is 16.5. The SMILES string of the molecule is COCCN1CCC(NCC(C)(C)N2CCc3ccccc3C2)CC1. The molecular weight excluding hydrogens is 310 g/mol. The van der Waals surface area contributed by atoms with Gasteiger partial charge in [-0.3, -0.25) is 4.90 Å². The summed E-state index contributed by atoms with van der Waals surface area (Å²) in [7, 11) is 1.79. The molecule has 140 valence electrons. The number of rotatable bonds is 7. The quantitative estimate of drug-likeness (QED) is 0.822. The zero-order valence-electron chi connectivity index (χ0n) is 16.3. The van der Waals surface area contributed by atoms with Gasteiger partial charge in [0.05, 0.1) is 6.61 Å². The Morgan fingerprint density at radius 3 is 2.56 bits per heavy atom. The average Bonchev–Trinajstić information content (AvgIpc) is 2.65. The summed E-state index contributed by atoms with van der Waals surface area (Å²) < 4.78 is 5.19. The van der Waals surface area contributed by atoms with Gasteiger partial charge in [0.25, 0.3) is 0 Å². The van der Waals surface area contributed by atoms with E-state index in [0.29, 0.717) is 6.04 Å². The van der Waals surface area contributed by atoms with Crippen LogP contribution in [-0.2, 0) is 17.7 Å². The predicted octanol–water partition coefficient (Wildman–Crippen LogP) is 2.52. The molecule has 2 heterocycles. The van der Waals surface area contributed by atoms with Gasteiger partial charge in [0.1, 0.15) is 0 Å². The van der Waals surface area contributed by atoms with E-state index in [9.17, 15) is 0 Å². The van der Waals surface area contributed by atoms with Crippen LogP contribution in [0.3, 0.4) is 0 Å². The zero-order valence-corrected chi connectivity index (χ0v) is 16.3. The van der Waals surface area contributed by atoms with E-state index < -0.39 is 0 Å². The molecule has 0 bridgehead atoms. The number of nitrogens with one attached hydrogen (secondary N) is 1. The first-order valence-corrected chi connectivity index (χ1v) is 9.85. The third kappa shape index (κ3) is 5.04. The average molecular weight is 346 g/mol. The Bertz CT molecular complexity index is 538. The highest BCUT2D eigenvalue weighted by Gasteiger charge is 2.30. The summed E-state index contributed by atoms with van der Waals surface area (Å²) in [6.07, 6.45) is 3.68. The molecular formula is C21H35N3O. The van der Waals surface area contributed by atoms with Crippen LogP contribution < -0.4 is 5.32 Å². The van der Waals surface area contributed by atoms with Crippen LogP contribution in [0.4, 0.5) is 0 Å². The molecule has 0 amide bonds. The topological polar surface area (TPSA) is 27.7 Å². The van der Waals surface area contributed by atoms with Gasteiger partial charge in [0.2, 0.25) is 0 Å². The van der Waals surface area contributed by atoms with Crippen LogP contribution in [0.1, 0.15) is 37.8 Å². The summed E-state index contributed by atoms with van der Waals surface area (Å²) >= 11 is 0.